The summed E-state index contributed by atoms with van der Waals surface area (Å²) in [5.74, 6) is -0.231. The van der Waals surface area contributed by atoms with E-state index in [1.165, 1.54) is 13.2 Å². The molecule has 0 saturated carbocycles. The number of halogens is 1. The van der Waals surface area contributed by atoms with Gasteiger partial charge in [-0.15, -0.1) is 0 Å². The van der Waals surface area contributed by atoms with Crippen LogP contribution in [0.4, 0.5) is 4.39 Å². The Morgan fingerprint density at radius 2 is 2.00 bits per heavy atom. The fraction of sp³-hybridized carbons (Fsp3) is 0.500. The molecule has 0 aliphatic rings. The van der Waals surface area contributed by atoms with Crippen molar-refractivity contribution in [1.82, 2.24) is 5.32 Å². The van der Waals surface area contributed by atoms with Crippen LogP contribution in [0.25, 0.3) is 0 Å². The largest absolute Gasteiger partial charge is 0.494 e. The van der Waals surface area contributed by atoms with Gasteiger partial charge in [0.25, 0.3) is 0 Å². The van der Waals surface area contributed by atoms with Gasteiger partial charge in [-0.2, -0.15) is 0 Å². The van der Waals surface area contributed by atoms with Gasteiger partial charge in [0.2, 0.25) is 0 Å². The van der Waals surface area contributed by atoms with Crippen molar-refractivity contribution in [3.05, 3.63) is 29.6 Å². The topological polar surface area (TPSA) is 61.7 Å². The van der Waals surface area contributed by atoms with Crippen LogP contribution in [-0.2, 0) is 0 Å². The third-order valence-corrected chi connectivity index (χ3v) is 2.60. The quantitative estimate of drug-likeness (QED) is 0.693. The molecule has 0 heterocycles. The highest BCUT2D eigenvalue weighted by Crippen LogP contribution is 2.22. The summed E-state index contributed by atoms with van der Waals surface area (Å²) < 4.78 is 18.1. The van der Waals surface area contributed by atoms with Gasteiger partial charge in [-0.1, -0.05) is 6.07 Å². The molecule has 1 atom stereocenters. The van der Waals surface area contributed by atoms with Crippen LogP contribution in [0.1, 0.15) is 18.5 Å². The SMILES string of the molecule is COc1cc(C(C)NC(CO)CO)ccc1F. The first-order chi connectivity index (χ1) is 8.12. The standard InChI is InChI=1S/C12H18FNO3/c1-8(14-10(6-15)7-16)9-3-4-11(13)12(5-9)17-2/h3-5,8,10,14-16H,6-7H2,1-2H3. The highest BCUT2D eigenvalue weighted by atomic mass is 19.1. The lowest BCUT2D eigenvalue weighted by molar-refractivity contribution is 0.163. The van der Waals surface area contributed by atoms with Gasteiger partial charge < -0.3 is 20.3 Å². The van der Waals surface area contributed by atoms with Gasteiger partial charge in [0.1, 0.15) is 0 Å². The molecule has 0 amide bonds. The zero-order valence-electron chi connectivity index (χ0n) is 9.98. The lowest BCUT2D eigenvalue weighted by atomic mass is 10.1. The zero-order valence-corrected chi connectivity index (χ0v) is 9.98. The average Bonchev–Trinajstić information content (AvgIpc) is 2.36. The van der Waals surface area contributed by atoms with Crippen molar-refractivity contribution < 1.29 is 19.3 Å². The summed E-state index contributed by atoms with van der Waals surface area (Å²) in [4.78, 5) is 0. The number of benzene rings is 1. The second-order valence-corrected chi connectivity index (χ2v) is 3.84. The van der Waals surface area contributed by atoms with Crippen molar-refractivity contribution in [2.45, 2.75) is 19.0 Å². The average molecular weight is 243 g/mol. The zero-order chi connectivity index (χ0) is 12.8. The van der Waals surface area contributed by atoms with Crippen LogP contribution in [0.2, 0.25) is 0 Å². The molecule has 17 heavy (non-hydrogen) atoms. The minimum Gasteiger partial charge on any atom is -0.494 e. The minimum absolute atomic E-state index is 0.117. The summed E-state index contributed by atoms with van der Waals surface area (Å²) in [5.41, 5.74) is 0.829. The molecule has 0 aromatic heterocycles. The normalized spacial score (nSPS) is 12.8. The van der Waals surface area contributed by atoms with Crippen LogP contribution >= 0.6 is 0 Å². The van der Waals surface area contributed by atoms with Crippen LogP contribution in [0.5, 0.6) is 5.75 Å². The highest BCUT2D eigenvalue weighted by Gasteiger charge is 2.13. The van der Waals surface area contributed by atoms with Gasteiger partial charge in [0.05, 0.1) is 26.4 Å². The van der Waals surface area contributed by atoms with E-state index in [9.17, 15) is 4.39 Å². The minimum atomic E-state index is -0.413. The Kier molecular flexibility index (Phi) is 5.34. The number of ether oxygens (including phenoxy) is 1. The summed E-state index contributed by atoms with van der Waals surface area (Å²) in [6.07, 6.45) is 0. The lowest BCUT2D eigenvalue weighted by Crippen LogP contribution is -2.37. The van der Waals surface area contributed by atoms with E-state index in [0.29, 0.717) is 0 Å². The first-order valence-electron chi connectivity index (χ1n) is 5.43. The predicted octanol–water partition coefficient (Wildman–Crippen LogP) is 0.838. The monoisotopic (exact) mass is 243 g/mol. The van der Waals surface area contributed by atoms with Gasteiger partial charge in [-0.3, -0.25) is 0 Å². The van der Waals surface area contributed by atoms with Gasteiger partial charge in [0.15, 0.2) is 11.6 Å². The van der Waals surface area contributed by atoms with E-state index in [2.05, 4.69) is 5.32 Å². The third kappa shape index (κ3) is 3.66. The summed E-state index contributed by atoms with van der Waals surface area (Å²) in [6, 6.07) is 4.06. The van der Waals surface area contributed by atoms with Crippen molar-refractivity contribution in [2.75, 3.05) is 20.3 Å². The molecule has 0 spiro atoms. The summed E-state index contributed by atoms with van der Waals surface area (Å²) in [7, 11) is 1.41. The van der Waals surface area contributed by atoms with E-state index in [0.717, 1.165) is 5.56 Å². The first kappa shape index (κ1) is 13.9. The second-order valence-electron chi connectivity index (χ2n) is 3.84. The predicted molar refractivity (Wildman–Crippen MR) is 62.5 cm³/mol. The smallest absolute Gasteiger partial charge is 0.165 e. The summed E-state index contributed by atoms with van der Waals surface area (Å²) in [6.45, 7) is 1.56. The van der Waals surface area contributed by atoms with Gasteiger partial charge in [0, 0.05) is 6.04 Å². The molecule has 1 aromatic carbocycles. The Labute approximate surface area is 100 Å². The molecule has 1 rings (SSSR count). The Hall–Kier alpha value is -1.17. The van der Waals surface area contributed by atoms with E-state index >= 15 is 0 Å². The van der Waals surface area contributed by atoms with Crippen molar-refractivity contribution in [3.8, 4) is 5.75 Å². The number of nitrogens with one attached hydrogen (secondary N) is 1. The van der Waals surface area contributed by atoms with Crippen molar-refractivity contribution >= 4 is 0 Å². The number of aliphatic hydroxyl groups excluding tert-OH is 2. The molecule has 3 N–H and O–H groups in total. The second kappa shape index (κ2) is 6.54. The summed E-state index contributed by atoms with van der Waals surface area (Å²) in [5, 5.41) is 20.9. The fourth-order valence-electron chi connectivity index (χ4n) is 1.56. The number of hydrogen-bond acceptors (Lipinski definition) is 4. The van der Waals surface area contributed by atoms with E-state index < -0.39 is 5.82 Å². The molecule has 1 unspecified atom stereocenters. The Morgan fingerprint density at radius 3 is 2.53 bits per heavy atom. The molecule has 0 fully saturated rings. The first-order valence-corrected chi connectivity index (χ1v) is 5.43. The molecular weight excluding hydrogens is 225 g/mol. The Morgan fingerprint density at radius 1 is 1.35 bits per heavy atom. The summed E-state index contributed by atoms with van der Waals surface area (Å²) >= 11 is 0. The molecule has 1 aromatic rings. The highest BCUT2D eigenvalue weighted by molar-refractivity contribution is 5.31. The number of hydrogen-bond donors (Lipinski definition) is 3. The Bertz CT molecular complexity index is 356. The molecule has 4 nitrogen and oxygen atoms in total. The maximum Gasteiger partial charge on any atom is 0.165 e. The molecule has 0 aliphatic carbocycles. The van der Waals surface area contributed by atoms with E-state index in [1.54, 1.807) is 12.1 Å². The number of methoxy groups -OCH3 is 1. The van der Waals surface area contributed by atoms with Gasteiger partial charge >= 0.3 is 0 Å². The molecular formula is C12H18FNO3. The third-order valence-electron chi connectivity index (χ3n) is 2.60. The van der Waals surface area contributed by atoms with Crippen molar-refractivity contribution in [3.63, 3.8) is 0 Å². The molecule has 0 bridgehead atoms. The van der Waals surface area contributed by atoms with E-state index in [1.807, 2.05) is 6.92 Å². The number of rotatable bonds is 6. The van der Waals surface area contributed by atoms with Crippen molar-refractivity contribution in [1.29, 1.82) is 0 Å². The van der Waals surface area contributed by atoms with E-state index in [4.69, 9.17) is 14.9 Å². The molecule has 5 heteroatoms. The maximum atomic E-state index is 13.2. The van der Waals surface area contributed by atoms with Crippen LogP contribution in [0, 0.1) is 5.82 Å². The van der Waals surface area contributed by atoms with Gasteiger partial charge in [-0.25, -0.2) is 4.39 Å². The van der Waals surface area contributed by atoms with Crippen molar-refractivity contribution in [2.24, 2.45) is 0 Å². The van der Waals surface area contributed by atoms with Crippen LogP contribution < -0.4 is 10.1 Å². The lowest BCUT2D eigenvalue weighted by Gasteiger charge is -2.20. The Balaban J connectivity index is 2.78. The molecule has 96 valence electrons. The van der Waals surface area contributed by atoms with Crippen LogP contribution in [0.3, 0.4) is 0 Å². The van der Waals surface area contributed by atoms with E-state index in [-0.39, 0.29) is 31.0 Å². The maximum absolute atomic E-state index is 13.2. The molecule has 0 aliphatic heterocycles. The number of aliphatic hydroxyl groups is 2. The van der Waals surface area contributed by atoms with Crippen LogP contribution in [0.15, 0.2) is 18.2 Å². The van der Waals surface area contributed by atoms with Crippen LogP contribution in [-0.4, -0.2) is 36.6 Å². The van der Waals surface area contributed by atoms with Gasteiger partial charge in [-0.05, 0) is 24.6 Å². The molecule has 0 radical (unpaired) electrons. The molecule has 0 saturated heterocycles. The fourth-order valence-corrected chi connectivity index (χ4v) is 1.56.